The molecule has 0 saturated carbocycles. The van der Waals surface area contributed by atoms with Crippen LogP contribution in [-0.2, 0) is 6.42 Å². The largest absolute Gasteiger partial charge is 0.494 e. The molecule has 5 nitrogen and oxygen atoms in total. The summed E-state index contributed by atoms with van der Waals surface area (Å²) in [5, 5.41) is 21.2. The van der Waals surface area contributed by atoms with Crippen LogP contribution in [-0.4, -0.2) is 16.6 Å². The van der Waals surface area contributed by atoms with Gasteiger partial charge in [0.25, 0.3) is 5.69 Å². The second-order valence-electron chi connectivity index (χ2n) is 4.61. The van der Waals surface area contributed by atoms with E-state index in [9.17, 15) is 15.2 Å². The molecule has 0 aliphatic heterocycles. The molecular weight excluding hydrogens is 270 g/mol. The predicted octanol–water partition coefficient (Wildman–Crippen LogP) is 3.27. The normalized spacial score (nSPS) is 11.9. The Labute approximate surface area is 123 Å². The van der Waals surface area contributed by atoms with Crippen LogP contribution in [0.5, 0.6) is 5.75 Å². The first kappa shape index (κ1) is 15.0. The summed E-state index contributed by atoms with van der Waals surface area (Å²) in [5.41, 5.74) is 1.25. The highest BCUT2D eigenvalue weighted by molar-refractivity contribution is 5.41. The molecule has 0 aliphatic carbocycles. The van der Waals surface area contributed by atoms with Gasteiger partial charge in [-0.3, -0.25) is 10.1 Å². The number of ether oxygens (including phenoxy) is 1. The van der Waals surface area contributed by atoms with Gasteiger partial charge >= 0.3 is 0 Å². The van der Waals surface area contributed by atoms with Crippen molar-refractivity contribution in [1.29, 1.82) is 0 Å². The zero-order valence-electron chi connectivity index (χ0n) is 11.7. The SMILES string of the molecule is CCOc1ccc(C(O)Cc2ccccc2[N+](=O)[O-])cc1. The zero-order chi connectivity index (χ0) is 15.2. The van der Waals surface area contributed by atoms with E-state index >= 15 is 0 Å². The quantitative estimate of drug-likeness (QED) is 0.653. The maximum Gasteiger partial charge on any atom is 0.272 e. The number of hydrogen-bond donors (Lipinski definition) is 1. The zero-order valence-corrected chi connectivity index (χ0v) is 11.7. The minimum absolute atomic E-state index is 0.0301. The highest BCUT2D eigenvalue weighted by atomic mass is 16.6. The van der Waals surface area contributed by atoms with Crippen LogP contribution < -0.4 is 4.74 Å². The molecule has 0 amide bonds. The van der Waals surface area contributed by atoms with Crippen molar-refractivity contribution in [2.45, 2.75) is 19.4 Å². The molecule has 2 aromatic carbocycles. The Morgan fingerprint density at radius 3 is 2.48 bits per heavy atom. The molecule has 1 atom stereocenters. The summed E-state index contributed by atoms with van der Waals surface area (Å²) in [6.45, 7) is 2.48. The molecule has 0 bridgehead atoms. The van der Waals surface area contributed by atoms with Crippen molar-refractivity contribution in [2.75, 3.05) is 6.61 Å². The molecule has 0 heterocycles. The number of nitrogens with zero attached hydrogens (tertiary/aromatic N) is 1. The van der Waals surface area contributed by atoms with Gasteiger partial charge in [0.15, 0.2) is 0 Å². The lowest BCUT2D eigenvalue weighted by molar-refractivity contribution is -0.385. The summed E-state index contributed by atoms with van der Waals surface area (Å²) < 4.78 is 5.34. The van der Waals surface area contributed by atoms with Gasteiger partial charge in [0, 0.05) is 18.1 Å². The van der Waals surface area contributed by atoms with Gasteiger partial charge in [-0.15, -0.1) is 0 Å². The Kier molecular flexibility index (Phi) is 4.90. The lowest BCUT2D eigenvalue weighted by atomic mass is 10.0. The molecule has 0 radical (unpaired) electrons. The minimum atomic E-state index is -0.790. The van der Waals surface area contributed by atoms with Crippen LogP contribution in [0, 0.1) is 10.1 Å². The average molecular weight is 287 g/mol. The van der Waals surface area contributed by atoms with E-state index in [1.807, 2.05) is 6.92 Å². The molecular formula is C16H17NO4. The van der Waals surface area contributed by atoms with E-state index in [1.54, 1.807) is 42.5 Å². The Hall–Kier alpha value is -2.40. The van der Waals surface area contributed by atoms with Crippen LogP contribution in [0.1, 0.15) is 24.2 Å². The van der Waals surface area contributed by atoms with Gasteiger partial charge in [0.2, 0.25) is 0 Å². The number of benzene rings is 2. The minimum Gasteiger partial charge on any atom is -0.494 e. The van der Waals surface area contributed by atoms with Crippen LogP contribution in [0.15, 0.2) is 48.5 Å². The maximum absolute atomic E-state index is 11.0. The molecule has 110 valence electrons. The summed E-state index contributed by atoms with van der Waals surface area (Å²) in [7, 11) is 0. The number of rotatable bonds is 6. The lowest BCUT2D eigenvalue weighted by Crippen LogP contribution is -2.04. The van der Waals surface area contributed by atoms with Gasteiger partial charge in [-0.1, -0.05) is 30.3 Å². The Morgan fingerprint density at radius 1 is 1.19 bits per heavy atom. The second-order valence-corrected chi connectivity index (χ2v) is 4.61. The fourth-order valence-corrected chi connectivity index (χ4v) is 2.14. The standard InChI is InChI=1S/C16H17NO4/c1-2-21-14-9-7-12(8-10-14)16(18)11-13-5-3-4-6-15(13)17(19)20/h3-10,16,18H,2,11H2,1H3. The predicted molar refractivity (Wildman–Crippen MR) is 79.4 cm³/mol. The number of aliphatic hydroxyl groups excluding tert-OH is 1. The van der Waals surface area contributed by atoms with Gasteiger partial charge in [-0.05, 0) is 24.6 Å². The van der Waals surface area contributed by atoms with E-state index in [0.717, 1.165) is 5.75 Å². The lowest BCUT2D eigenvalue weighted by Gasteiger charge is -2.12. The van der Waals surface area contributed by atoms with Crippen molar-refractivity contribution in [3.63, 3.8) is 0 Å². The molecule has 21 heavy (non-hydrogen) atoms. The molecule has 2 rings (SSSR count). The highest BCUT2D eigenvalue weighted by Crippen LogP contribution is 2.26. The fraction of sp³-hybridized carbons (Fsp3) is 0.250. The van der Waals surface area contributed by atoms with E-state index in [1.165, 1.54) is 6.07 Å². The molecule has 0 saturated heterocycles. The van der Waals surface area contributed by atoms with Crippen molar-refractivity contribution < 1.29 is 14.8 Å². The smallest absolute Gasteiger partial charge is 0.272 e. The number of nitro benzene ring substituents is 1. The first-order chi connectivity index (χ1) is 10.1. The summed E-state index contributed by atoms with van der Waals surface area (Å²) >= 11 is 0. The maximum atomic E-state index is 11.0. The topological polar surface area (TPSA) is 72.6 Å². The number of hydrogen-bond acceptors (Lipinski definition) is 4. The Bertz CT molecular complexity index is 610. The Balaban J connectivity index is 2.14. The molecule has 5 heteroatoms. The van der Waals surface area contributed by atoms with E-state index in [2.05, 4.69) is 0 Å². The van der Waals surface area contributed by atoms with Crippen LogP contribution in [0.3, 0.4) is 0 Å². The first-order valence-electron chi connectivity index (χ1n) is 6.75. The molecule has 0 fully saturated rings. The van der Waals surface area contributed by atoms with Crippen molar-refractivity contribution in [2.24, 2.45) is 0 Å². The van der Waals surface area contributed by atoms with Gasteiger partial charge in [-0.25, -0.2) is 0 Å². The van der Waals surface area contributed by atoms with Gasteiger partial charge < -0.3 is 9.84 Å². The van der Waals surface area contributed by atoms with Crippen molar-refractivity contribution in [3.8, 4) is 5.75 Å². The molecule has 0 aromatic heterocycles. The van der Waals surface area contributed by atoms with Gasteiger partial charge in [-0.2, -0.15) is 0 Å². The van der Waals surface area contributed by atoms with Gasteiger partial charge in [0.1, 0.15) is 5.75 Å². The van der Waals surface area contributed by atoms with E-state index in [4.69, 9.17) is 4.74 Å². The first-order valence-corrected chi connectivity index (χ1v) is 6.75. The summed E-state index contributed by atoms with van der Waals surface area (Å²) in [4.78, 5) is 10.5. The number of para-hydroxylation sites is 1. The third-order valence-electron chi connectivity index (χ3n) is 3.18. The van der Waals surface area contributed by atoms with Crippen molar-refractivity contribution in [1.82, 2.24) is 0 Å². The highest BCUT2D eigenvalue weighted by Gasteiger charge is 2.17. The van der Waals surface area contributed by atoms with Crippen molar-refractivity contribution in [3.05, 3.63) is 69.8 Å². The molecule has 1 unspecified atom stereocenters. The van der Waals surface area contributed by atoms with E-state index in [-0.39, 0.29) is 12.1 Å². The fourth-order valence-electron chi connectivity index (χ4n) is 2.14. The van der Waals surface area contributed by atoms with E-state index < -0.39 is 11.0 Å². The number of nitro groups is 1. The van der Waals surface area contributed by atoms with E-state index in [0.29, 0.717) is 17.7 Å². The monoisotopic (exact) mass is 287 g/mol. The third-order valence-corrected chi connectivity index (χ3v) is 3.18. The molecule has 0 spiro atoms. The summed E-state index contributed by atoms with van der Waals surface area (Å²) in [5.74, 6) is 0.735. The Morgan fingerprint density at radius 2 is 1.86 bits per heavy atom. The van der Waals surface area contributed by atoms with Crippen LogP contribution in [0.2, 0.25) is 0 Å². The second kappa shape index (κ2) is 6.85. The molecule has 2 aromatic rings. The van der Waals surface area contributed by atoms with Gasteiger partial charge in [0.05, 0.1) is 17.6 Å². The van der Waals surface area contributed by atoms with Crippen LogP contribution >= 0.6 is 0 Å². The van der Waals surface area contributed by atoms with Crippen molar-refractivity contribution >= 4 is 5.69 Å². The van der Waals surface area contributed by atoms with Crippen LogP contribution in [0.4, 0.5) is 5.69 Å². The summed E-state index contributed by atoms with van der Waals surface area (Å²) in [6.07, 6.45) is -0.590. The average Bonchev–Trinajstić information content (AvgIpc) is 2.48. The summed E-state index contributed by atoms with van der Waals surface area (Å²) in [6, 6.07) is 13.5. The van der Waals surface area contributed by atoms with Crippen LogP contribution in [0.25, 0.3) is 0 Å². The number of aliphatic hydroxyl groups is 1. The molecule has 1 N–H and O–H groups in total. The third kappa shape index (κ3) is 3.79. The molecule has 0 aliphatic rings.